The van der Waals surface area contributed by atoms with E-state index in [2.05, 4.69) is 16.7 Å². The molecule has 0 saturated heterocycles. The molecule has 1 N–H and O–H groups in total. The van der Waals surface area contributed by atoms with Gasteiger partial charge in [-0.3, -0.25) is 0 Å². The van der Waals surface area contributed by atoms with Crippen molar-refractivity contribution < 1.29 is 9.90 Å². The van der Waals surface area contributed by atoms with E-state index in [0.29, 0.717) is 11.5 Å². The van der Waals surface area contributed by atoms with Crippen LogP contribution in [-0.2, 0) is 0 Å². The Kier molecular flexibility index (Phi) is 2.00. The zero-order chi connectivity index (χ0) is 11.0. The van der Waals surface area contributed by atoms with Gasteiger partial charge in [-0.2, -0.15) is 0 Å². The molecule has 0 amide bonds. The molecule has 0 aliphatic heterocycles. The zero-order valence-corrected chi connectivity index (χ0v) is 8.14. The Bertz CT molecular complexity index is 557. The Hall–Kier alpha value is -2.17. The highest BCUT2D eigenvalue weighted by Gasteiger charge is 2.13. The van der Waals surface area contributed by atoms with E-state index in [1.807, 2.05) is 6.92 Å². The maximum absolute atomic E-state index is 10.9. The molecule has 0 aromatic carbocycles. The minimum absolute atomic E-state index is 0.140. The van der Waals surface area contributed by atoms with Crippen molar-refractivity contribution in [2.75, 3.05) is 0 Å². The fourth-order valence-corrected chi connectivity index (χ4v) is 1.35. The molecule has 2 rings (SSSR count). The summed E-state index contributed by atoms with van der Waals surface area (Å²) in [6.45, 7) is 5.38. The lowest BCUT2D eigenvalue weighted by Gasteiger charge is -1.99. The molecule has 0 aliphatic rings. The van der Waals surface area contributed by atoms with Crippen molar-refractivity contribution in [2.24, 2.45) is 0 Å². The van der Waals surface area contributed by atoms with Gasteiger partial charge in [-0.05, 0) is 25.1 Å². The predicted molar refractivity (Wildman–Crippen MR) is 54.8 cm³/mol. The molecule has 5 heteroatoms. The fourth-order valence-electron chi connectivity index (χ4n) is 1.35. The van der Waals surface area contributed by atoms with Crippen molar-refractivity contribution in [1.29, 1.82) is 0 Å². The molecule has 0 unspecified atom stereocenters. The van der Waals surface area contributed by atoms with Crippen molar-refractivity contribution >= 4 is 17.7 Å². The van der Waals surface area contributed by atoms with Crippen molar-refractivity contribution in [3.8, 4) is 0 Å². The van der Waals surface area contributed by atoms with Crippen LogP contribution in [0.2, 0.25) is 0 Å². The van der Waals surface area contributed by atoms with Gasteiger partial charge in [0.15, 0.2) is 11.5 Å². The summed E-state index contributed by atoms with van der Waals surface area (Å²) in [5, 5.41) is 13.0. The van der Waals surface area contributed by atoms with E-state index in [0.717, 1.165) is 5.69 Å². The molecule has 2 aromatic rings. The van der Waals surface area contributed by atoms with Gasteiger partial charge in [0.1, 0.15) is 5.56 Å². The van der Waals surface area contributed by atoms with Gasteiger partial charge in [-0.1, -0.05) is 6.58 Å². The van der Waals surface area contributed by atoms with Crippen LogP contribution in [0, 0.1) is 6.92 Å². The van der Waals surface area contributed by atoms with E-state index in [4.69, 9.17) is 5.11 Å². The van der Waals surface area contributed by atoms with Crippen LogP contribution in [0.25, 0.3) is 11.7 Å². The molecule has 0 aliphatic carbocycles. The number of hydrogen-bond acceptors (Lipinski definition) is 3. The highest BCUT2D eigenvalue weighted by atomic mass is 16.4. The third-order valence-electron chi connectivity index (χ3n) is 2.10. The van der Waals surface area contributed by atoms with Gasteiger partial charge in [-0.15, -0.1) is 5.10 Å². The number of fused-ring (bicyclic) bond motifs is 1. The minimum Gasteiger partial charge on any atom is -0.478 e. The maximum atomic E-state index is 10.9. The number of pyridine rings is 1. The molecule has 0 atom stereocenters. The third-order valence-corrected chi connectivity index (χ3v) is 2.10. The number of carbonyl (C=O) groups is 1. The van der Waals surface area contributed by atoms with Gasteiger partial charge in [0.2, 0.25) is 0 Å². The first kappa shape index (κ1) is 9.39. The molecule has 0 spiro atoms. The van der Waals surface area contributed by atoms with E-state index in [1.165, 1.54) is 16.7 Å². The average molecular weight is 203 g/mol. The molecular weight excluding hydrogens is 194 g/mol. The van der Waals surface area contributed by atoms with Gasteiger partial charge in [-0.25, -0.2) is 14.3 Å². The second-order valence-electron chi connectivity index (χ2n) is 3.10. The SMILES string of the molecule is C=Cc1nc2c(C(=O)O)ccc(C)n2n1. The summed E-state index contributed by atoms with van der Waals surface area (Å²) in [6.07, 6.45) is 1.48. The second-order valence-corrected chi connectivity index (χ2v) is 3.10. The van der Waals surface area contributed by atoms with Gasteiger partial charge in [0.05, 0.1) is 0 Å². The number of carboxylic acids is 1. The van der Waals surface area contributed by atoms with Crippen LogP contribution >= 0.6 is 0 Å². The summed E-state index contributed by atoms with van der Waals surface area (Å²) in [5.74, 6) is -0.588. The molecule has 0 bridgehead atoms. The minimum atomic E-state index is -1.01. The van der Waals surface area contributed by atoms with Crippen LogP contribution in [0.4, 0.5) is 0 Å². The average Bonchev–Trinajstić information content (AvgIpc) is 2.62. The molecule has 0 saturated carbocycles. The van der Waals surface area contributed by atoms with E-state index < -0.39 is 5.97 Å². The van der Waals surface area contributed by atoms with Gasteiger partial charge in [0, 0.05) is 5.69 Å². The van der Waals surface area contributed by atoms with Crippen LogP contribution < -0.4 is 0 Å². The number of hydrogen-bond donors (Lipinski definition) is 1. The number of aryl methyl sites for hydroxylation is 1. The Labute approximate surface area is 85.7 Å². The van der Waals surface area contributed by atoms with Crippen molar-refractivity contribution in [3.05, 3.63) is 35.8 Å². The van der Waals surface area contributed by atoms with Crippen LogP contribution in [0.5, 0.6) is 0 Å². The second kappa shape index (κ2) is 3.20. The molecule has 2 heterocycles. The highest BCUT2D eigenvalue weighted by molar-refractivity contribution is 5.94. The maximum Gasteiger partial charge on any atom is 0.339 e. The lowest BCUT2D eigenvalue weighted by molar-refractivity contribution is 0.0698. The Morgan fingerprint density at radius 1 is 1.60 bits per heavy atom. The van der Waals surface area contributed by atoms with Gasteiger partial charge in [0.25, 0.3) is 0 Å². The monoisotopic (exact) mass is 203 g/mol. The summed E-state index contributed by atoms with van der Waals surface area (Å²) < 4.78 is 1.50. The lowest BCUT2D eigenvalue weighted by Crippen LogP contribution is -2.03. The van der Waals surface area contributed by atoms with Crippen molar-refractivity contribution in [1.82, 2.24) is 14.6 Å². The molecule has 2 aromatic heterocycles. The lowest BCUT2D eigenvalue weighted by atomic mass is 10.2. The van der Waals surface area contributed by atoms with E-state index in [1.54, 1.807) is 6.07 Å². The molecule has 76 valence electrons. The van der Waals surface area contributed by atoms with Crippen LogP contribution in [-0.4, -0.2) is 25.7 Å². The zero-order valence-electron chi connectivity index (χ0n) is 8.14. The standard InChI is InChI=1S/C10H9N3O2/c1-3-8-11-9-7(10(14)15)5-4-6(2)13(9)12-8/h3-5H,1H2,2H3,(H,14,15). The van der Waals surface area contributed by atoms with Crippen molar-refractivity contribution in [3.63, 3.8) is 0 Å². The summed E-state index contributed by atoms with van der Waals surface area (Å²) in [4.78, 5) is 15.0. The fraction of sp³-hybridized carbons (Fsp3) is 0.100. The van der Waals surface area contributed by atoms with Crippen LogP contribution in [0.3, 0.4) is 0 Å². The first-order valence-corrected chi connectivity index (χ1v) is 4.35. The highest BCUT2D eigenvalue weighted by Crippen LogP contribution is 2.12. The molecule has 15 heavy (non-hydrogen) atoms. The van der Waals surface area contributed by atoms with Crippen LogP contribution in [0.1, 0.15) is 21.9 Å². The number of aromatic nitrogens is 3. The topological polar surface area (TPSA) is 67.5 Å². The molecule has 0 fully saturated rings. The summed E-state index contributed by atoms with van der Waals surface area (Å²) in [6, 6.07) is 3.21. The van der Waals surface area contributed by atoms with E-state index in [-0.39, 0.29) is 5.56 Å². The number of aromatic carboxylic acids is 1. The number of rotatable bonds is 2. The summed E-state index contributed by atoms with van der Waals surface area (Å²) in [7, 11) is 0. The largest absolute Gasteiger partial charge is 0.478 e. The number of carboxylic acid groups (broad SMARTS) is 1. The number of nitrogens with zero attached hydrogens (tertiary/aromatic N) is 3. The molecule has 5 nitrogen and oxygen atoms in total. The summed E-state index contributed by atoms with van der Waals surface area (Å²) >= 11 is 0. The third kappa shape index (κ3) is 1.38. The first-order valence-electron chi connectivity index (χ1n) is 4.35. The first-order chi connectivity index (χ1) is 7.13. The molecule has 0 radical (unpaired) electrons. The Morgan fingerprint density at radius 2 is 2.33 bits per heavy atom. The van der Waals surface area contributed by atoms with E-state index >= 15 is 0 Å². The Morgan fingerprint density at radius 3 is 2.93 bits per heavy atom. The van der Waals surface area contributed by atoms with Crippen molar-refractivity contribution in [2.45, 2.75) is 6.92 Å². The van der Waals surface area contributed by atoms with E-state index in [9.17, 15) is 4.79 Å². The molecular formula is C10H9N3O2. The van der Waals surface area contributed by atoms with Gasteiger partial charge >= 0.3 is 5.97 Å². The Balaban J connectivity index is 2.85. The summed E-state index contributed by atoms with van der Waals surface area (Å²) in [5.41, 5.74) is 1.31. The quantitative estimate of drug-likeness (QED) is 0.800. The van der Waals surface area contributed by atoms with Crippen LogP contribution in [0.15, 0.2) is 18.7 Å². The smallest absolute Gasteiger partial charge is 0.339 e. The van der Waals surface area contributed by atoms with Gasteiger partial charge < -0.3 is 5.11 Å². The predicted octanol–water partition coefficient (Wildman–Crippen LogP) is 1.38. The normalized spacial score (nSPS) is 10.5.